The molecule has 1 rings (SSSR count). The number of ether oxygens (including phenoxy) is 1. The lowest BCUT2D eigenvalue weighted by Gasteiger charge is -2.32. The van der Waals surface area contributed by atoms with Crippen LogP contribution in [0.25, 0.3) is 0 Å². The van der Waals surface area contributed by atoms with E-state index in [0.29, 0.717) is 13.0 Å². The third kappa shape index (κ3) is 6.98. The molecular weight excluding hydrogens is 357 g/mol. The number of likely N-dealkylation sites (tertiary alicyclic amines) is 1. The molecule has 1 aliphatic heterocycles. The first-order valence-corrected chi connectivity index (χ1v) is 6.77. The smallest absolute Gasteiger partial charge is 0.307 e. The van der Waals surface area contributed by atoms with E-state index in [1.807, 2.05) is 0 Å². The predicted molar refractivity (Wildman–Crippen MR) is 88.0 cm³/mol. The average Bonchev–Trinajstić information content (AvgIpc) is 2.38. The first kappa shape index (κ1) is 18.5. The molecule has 112 valence electrons. The number of nitrogens with zero attached hydrogens (tertiary/aromatic N) is 2. The van der Waals surface area contributed by atoms with E-state index >= 15 is 0 Å². The van der Waals surface area contributed by atoms with Crippen LogP contribution in [0.3, 0.4) is 0 Å². The van der Waals surface area contributed by atoms with E-state index in [1.165, 1.54) is 20.0 Å². The zero-order valence-electron chi connectivity index (χ0n) is 12.1. The largest absolute Gasteiger partial charge is 0.469 e. The highest BCUT2D eigenvalue weighted by Crippen LogP contribution is 2.15. The molecule has 1 saturated heterocycles. The number of hydrogen-bond donors (Lipinski definition) is 1. The fraction of sp³-hybridized carbons (Fsp3) is 0.846. The van der Waals surface area contributed by atoms with Crippen molar-refractivity contribution in [3.63, 3.8) is 0 Å². The van der Waals surface area contributed by atoms with Crippen molar-refractivity contribution < 1.29 is 9.53 Å². The Balaban J connectivity index is 0.00000324. The maximum Gasteiger partial charge on any atom is 0.307 e. The topological polar surface area (TPSA) is 53.9 Å². The maximum atomic E-state index is 11.0. The van der Waals surface area contributed by atoms with Crippen molar-refractivity contribution in [2.45, 2.75) is 33.1 Å². The highest BCUT2D eigenvalue weighted by Gasteiger charge is 2.18. The summed E-state index contributed by atoms with van der Waals surface area (Å²) in [6, 6.07) is 0. The lowest BCUT2D eigenvalue weighted by molar-refractivity contribution is -0.140. The number of carbonyl (C=O) groups is 1. The van der Waals surface area contributed by atoms with Gasteiger partial charge in [0.25, 0.3) is 0 Å². The summed E-state index contributed by atoms with van der Waals surface area (Å²) in [5.41, 5.74) is 0. The third-order valence-corrected chi connectivity index (χ3v) is 3.22. The number of aliphatic imine (C=N–C) groups is 1. The van der Waals surface area contributed by atoms with Crippen molar-refractivity contribution in [2.75, 3.05) is 33.3 Å². The number of methoxy groups -OCH3 is 1. The van der Waals surface area contributed by atoms with Gasteiger partial charge in [0.05, 0.1) is 20.1 Å². The Bertz CT molecular complexity index is 290. The molecule has 0 amide bonds. The molecule has 19 heavy (non-hydrogen) atoms. The second kappa shape index (κ2) is 10.3. The molecule has 1 N–H and O–H groups in total. The Morgan fingerprint density at radius 2 is 2.05 bits per heavy atom. The zero-order valence-corrected chi connectivity index (χ0v) is 14.5. The molecule has 0 saturated carbocycles. The van der Waals surface area contributed by atoms with E-state index in [-0.39, 0.29) is 29.9 Å². The summed E-state index contributed by atoms with van der Waals surface area (Å²) < 4.78 is 4.61. The van der Waals surface area contributed by atoms with E-state index in [1.54, 1.807) is 0 Å². The zero-order chi connectivity index (χ0) is 13.4. The van der Waals surface area contributed by atoms with Crippen molar-refractivity contribution in [2.24, 2.45) is 10.9 Å². The number of carbonyl (C=O) groups excluding carboxylic acids is 1. The molecule has 0 atom stereocenters. The lowest BCUT2D eigenvalue weighted by atomic mass is 10.00. The molecule has 1 fully saturated rings. The summed E-state index contributed by atoms with van der Waals surface area (Å²) in [6.07, 6.45) is 2.76. The van der Waals surface area contributed by atoms with Gasteiger partial charge >= 0.3 is 5.97 Å². The van der Waals surface area contributed by atoms with Gasteiger partial charge in [-0.3, -0.25) is 9.79 Å². The van der Waals surface area contributed by atoms with Gasteiger partial charge in [-0.15, -0.1) is 24.0 Å². The van der Waals surface area contributed by atoms with Crippen molar-refractivity contribution in [3.05, 3.63) is 0 Å². The number of halogens is 1. The third-order valence-electron chi connectivity index (χ3n) is 3.22. The van der Waals surface area contributed by atoms with Crippen LogP contribution in [0, 0.1) is 5.92 Å². The normalized spacial score (nSPS) is 16.8. The van der Waals surface area contributed by atoms with E-state index in [9.17, 15) is 4.79 Å². The minimum atomic E-state index is -0.207. The molecule has 0 unspecified atom stereocenters. The number of esters is 1. The SMILES string of the molecule is CCNC(=NCCC(=O)OC)N1CCC(C)CC1.I. The first-order chi connectivity index (χ1) is 8.67. The molecule has 1 aliphatic rings. The van der Waals surface area contributed by atoms with E-state index in [4.69, 9.17) is 0 Å². The van der Waals surface area contributed by atoms with Gasteiger partial charge in [-0.05, 0) is 25.7 Å². The van der Waals surface area contributed by atoms with Crippen LogP contribution >= 0.6 is 24.0 Å². The Morgan fingerprint density at radius 1 is 1.42 bits per heavy atom. The molecule has 0 aromatic rings. The molecule has 0 radical (unpaired) electrons. The molecule has 0 bridgehead atoms. The summed E-state index contributed by atoms with van der Waals surface area (Å²) in [5.74, 6) is 1.52. The van der Waals surface area contributed by atoms with Crippen molar-refractivity contribution >= 4 is 35.9 Å². The number of piperidine rings is 1. The molecule has 0 aliphatic carbocycles. The fourth-order valence-corrected chi connectivity index (χ4v) is 2.00. The van der Waals surface area contributed by atoms with Crippen molar-refractivity contribution in [1.82, 2.24) is 10.2 Å². The fourth-order valence-electron chi connectivity index (χ4n) is 2.00. The molecule has 0 aromatic heterocycles. The van der Waals surface area contributed by atoms with Gasteiger partial charge in [-0.25, -0.2) is 0 Å². The number of rotatable bonds is 4. The van der Waals surface area contributed by atoms with Gasteiger partial charge in [0, 0.05) is 19.6 Å². The van der Waals surface area contributed by atoms with Gasteiger partial charge < -0.3 is 15.0 Å². The van der Waals surface area contributed by atoms with Crippen LogP contribution < -0.4 is 5.32 Å². The minimum Gasteiger partial charge on any atom is -0.469 e. The average molecular weight is 383 g/mol. The molecule has 1 heterocycles. The van der Waals surface area contributed by atoms with Crippen LogP contribution in [0.5, 0.6) is 0 Å². The Hall–Kier alpha value is -0.530. The summed E-state index contributed by atoms with van der Waals surface area (Å²) in [6.45, 7) is 7.78. The molecular formula is C13H26IN3O2. The first-order valence-electron chi connectivity index (χ1n) is 6.77. The van der Waals surface area contributed by atoms with Crippen LogP contribution in [0.15, 0.2) is 4.99 Å². The van der Waals surface area contributed by atoms with Crippen LogP contribution in [0.4, 0.5) is 0 Å². The summed E-state index contributed by atoms with van der Waals surface area (Å²) in [5, 5.41) is 3.28. The standard InChI is InChI=1S/C13H25N3O2.HI/c1-4-14-13(15-8-5-12(17)18-3)16-9-6-11(2)7-10-16;/h11H,4-10H2,1-3H3,(H,14,15);1H. The number of nitrogens with one attached hydrogen (secondary N) is 1. The molecule has 6 heteroatoms. The van der Waals surface area contributed by atoms with E-state index in [0.717, 1.165) is 31.5 Å². The highest BCUT2D eigenvalue weighted by atomic mass is 127. The van der Waals surface area contributed by atoms with E-state index < -0.39 is 0 Å². The van der Waals surface area contributed by atoms with Gasteiger partial charge in [0.15, 0.2) is 5.96 Å². The van der Waals surface area contributed by atoms with Crippen molar-refractivity contribution in [1.29, 1.82) is 0 Å². The second-order valence-corrected chi connectivity index (χ2v) is 4.73. The predicted octanol–water partition coefficient (Wildman–Crippen LogP) is 1.86. The monoisotopic (exact) mass is 383 g/mol. The quantitative estimate of drug-likeness (QED) is 0.349. The lowest BCUT2D eigenvalue weighted by Crippen LogP contribution is -2.45. The summed E-state index contributed by atoms with van der Waals surface area (Å²) >= 11 is 0. The Morgan fingerprint density at radius 3 is 2.58 bits per heavy atom. The molecule has 5 nitrogen and oxygen atoms in total. The van der Waals surface area contributed by atoms with Gasteiger partial charge in [-0.2, -0.15) is 0 Å². The van der Waals surface area contributed by atoms with Gasteiger partial charge in [0.2, 0.25) is 0 Å². The second-order valence-electron chi connectivity index (χ2n) is 4.73. The highest BCUT2D eigenvalue weighted by molar-refractivity contribution is 14.0. The van der Waals surface area contributed by atoms with Gasteiger partial charge in [0.1, 0.15) is 0 Å². The van der Waals surface area contributed by atoms with E-state index in [2.05, 4.69) is 33.8 Å². The maximum absolute atomic E-state index is 11.0. The Kier molecular flexibility index (Phi) is 9.99. The van der Waals surface area contributed by atoms with Crippen LogP contribution in [0.1, 0.15) is 33.1 Å². The van der Waals surface area contributed by atoms with Crippen LogP contribution in [-0.4, -0.2) is 50.1 Å². The minimum absolute atomic E-state index is 0. The summed E-state index contributed by atoms with van der Waals surface area (Å²) in [7, 11) is 1.41. The van der Waals surface area contributed by atoms with Gasteiger partial charge in [-0.1, -0.05) is 6.92 Å². The molecule has 0 aromatic carbocycles. The Labute approximate surface area is 133 Å². The van der Waals surface area contributed by atoms with Crippen LogP contribution in [-0.2, 0) is 9.53 Å². The number of hydrogen-bond acceptors (Lipinski definition) is 3. The van der Waals surface area contributed by atoms with Crippen LogP contribution in [0.2, 0.25) is 0 Å². The summed E-state index contributed by atoms with van der Waals surface area (Å²) in [4.78, 5) is 17.8. The van der Waals surface area contributed by atoms with Crippen molar-refractivity contribution in [3.8, 4) is 0 Å². The number of guanidine groups is 1. The molecule has 0 spiro atoms.